The van der Waals surface area contributed by atoms with E-state index in [4.69, 9.17) is 51.1 Å². The number of nitrogens with one attached hydrogen (secondary N) is 2. The summed E-state index contributed by atoms with van der Waals surface area (Å²) >= 11 is 24.6. The molecule has 0 saturated heterocycles. The molecule has 3 amide bonds. The fourth-order valence-electron chi connectivity index (χ4n) is 2.59. The van der Waals surface area contributed by atoms with Gasteiger partial charge in [-0.15, -0.1) is 0 Å². The van der Waals surface area contributed by atoms with Gasteiger partial charge in [-0.2, -0.15) is 0 Å². The fraction of sp³-hybridized carbons (Fsp3) is 0.0476. The smallest absolute Gasteiger partial charge is 0.326 e. The van der Waals surface area contributed by atoms with Crippen LogP contribution in [0.4, 0.5) is 14.9 Å². The average molecular weight is 502 g/mol. The van der Waals surface area contributed by atoms with Gasteiger partial charge in [0, 0.05) is 5.02 Å². The van der Waals surface area contributed by atoms with Crippen LogP contribution in [0, 0.1) is 12.7 Å². The minimum absolute atomic E-state index is 0.00835. The zero-order valence-corrected chi connectivity index (χ0v) is 18.8. The zero-order chi connectivity index (χ0) is 22.7. The molecule has 0 fully saturated rings. The third-order valence-corrected chi connectivity index (χ3v) is 5.45. The normalized spacial score (nSPS) is 10.5. The molecule has 0 heterocycles. The summed E-state index contributed by atoms with van der Waals surface area (Å²) in [7, 11) is 0. The number of carbonyl (C=O) groups excluding carboxylic acids is 2. The van der Waals surface area contributed by atoms with E-state index in [2.05, 4.69) is 5.32 Å². The number of carbonyl (C=O) groups is 2. The number of rotatable bonds is 4. The molecule has 0 aromatic heterocycles. The lowest BCUT2D eigenvalue weighted by atomic mass is 10.2. The van der Waals surface area contributed by atoms with Gasteiger partial charge in [0.25, 0.3) is 5.91 Å². The first-order valence-electron chi connectivity index (χ1n) is 8.65. The Morgan fingerprint density at radius 1 is 0.935 bits per heavy atom. The number of halogens is 5. The molecule has 0 spiro atoms. The first kappa shape index (κ1) is 23.2. The number of anilines is 1. The topological polar surface area (TPSA) is 67.4 Å². The monoisotopic (exact) mass is 500 g/mol. The number of urea groups is 1. The minimum Gasteiger partial charge on any atom is -0.454 e. The SMILES string of the molecule is Cc1cc(Oc2ccc(Cl)cc2Cl)c(Cl)c(Cl)c1NC(=O)NC(=O)c1ccccc1F. The molecular weight excluding hydrogens is 489 g/mol. The van der Waals surface area contributed by atoms with E-state index in [1.54, 1.807) is 19.1 Å². The lowest BCUT2D eigenvalue weighted by Gasteiger charge is -2.16. The maximum absolute atomic E-state index is 13.7. The van der Waals surface area contributed by atoms with Crippen molar-refractivity contribution in [1.29, 1.82) is 0 Å². The predicted molar refractivity (Wildman–Crippen MR) is 121 cm³/mol. The van der Waals surface area contributed by atoms with Crippen LogP contribution in [0.1, 0.15) is 15.9 Å². The van der Waals surface area contributed by atoms with Gasteiger partial charge in [-0.05, 0) is 48.9 Å². The third kappa shape index (κ3) is 5.40. The van der Waals surface area contributed by atoms with Crippen LogP contribution in [0.25, 0.3) is 0 Å². The molecule has 10 heteroatoms. The van der Waals surface area contributed by atoms with Gasteiger partial charge >= 0.3 is 6.03 Å². The molecule has 0 saturated carbocycles. The predicted octanol–water partition coefficient (Wildman–Crippen LogP) is 7.50. The highest BCUT2D eigenvalue weighted by atomic mass is 35.5. The summed E-state index contributed by atoms with van der Waals surface area (Å²) in [5.41, 5.74) is 0.366. The highest BCUT2D eigenvalue weighted by Crippen LogP contribution is 2.43. The second kappa shape index (κ2) is 9.75. The Balaban J connectivity index is 1.79. The largest absolute Gasteiger partial charge is 0.454 e. The van der Waals surface area contributed by atoms with Crippen LogP contribution in [0.3, 0.4) is 0 Å². The van der Waals surface area contributed by atoms with Crippen LogP contribution in [0.2, 0.25) is 20.1 Å². The van der Waals surface area contributed by atoms with E-state index in [0.717, 1.165) is 6.07 Å². The Labute approximate surface area is 197 Å². The molecule has 0 aliphatic rings. The fourth-order valence-corrected chi connectivity index (χ4v) is 3.51. The molecule has 5 nitrogen and oxygen atoms in total. The lowest BCUT2D eigenvalue weighted by Crippen LogP contribution is -2.35. The van der Waals surface area contributed by atoms with Crippen molar-refractivity contribution in [1.82, 2.24) is 5.32 Å². The Morgan fingerprint density at radius 2 is 1.65 bits per heavy atom. The van der Waals surface area contributed by atoms with E-state index in [0.29, 0.717) is 16.3 Å². The standard InChI is InChI=1S/C21H13Cl4FN2O3/c1-10-8-16(31-15-7-6-11(22)9-13(15)23)17(24)18(25)19(10)27-21(30)28-20(29)12-4-2-3-5-14(12)26/h2-9H,1H3,(H2,27,28,29,30). The molecule has 31 heavy (non-hydrogen) atoms. The van der Waals surface area contributed by atoms with Gasteiger partial charge < -0.3 is 10.1 Å². The Morgan fingerprint density at radius 3 is 2.32 bits per heavy atom. The summed E-state index contributed by atoms with van der Waals surface area (Å²) in [6, 6.07) is 10.6. The van der Waals surface area contributed by atoms with Crippen molar-refractivity contribution in [2.75, 3.05) is 5.32 Å². The van der Waals surface area contributed by atoms with Gasteiger partial charge in [-0.3, -0.25) is 10.1 Å². The highest BCUT2D eigenvalue weighted by Gasteiger charge is 2.20. The van der Waals surface area contributed by atoms with Crippen molar-refractivity contribution in [2.45, 2.75) is 6.92 Å². The zero-order valence-electron chi connectivity index (χ0n) is 15.7. The Hall–Kier alpha value is -2.51. The number of aryl methyl sites for hydroxylation is 1. The number of hydrogen-bond donors (Lipinski definition) is 2. The van der Waals surface area contributed by atoms with E-state index in [-0.39, 0.29) is 32.1 Å². The van der Waals surface area contributed by atoms with Crippen LogP contribution >= 0.6 is 46.4 Å². The molecule has 0 aliphatic heterocycles. The molecule has 3 aromatic carbocycles. The van der Waals surface area contributed by atoms with Crippen molar-refractivity contribution >= 4 is 64.0 Å². The second-order valence-electron chi connectivity index (χ2n) is 6.26. The molecule has 0 atom stereocenters. The Bertz CT molecular complexity index is 1190. The quantitative estimate of drug-likeness (QED) is 0.388. The highest BCUT2D eigenvalue weighted by molar-refractivity contribution is 6.45. The third-order valence-electron chi connectivity index (χ3n) is 4.07. The summed E-state index contributed by atoms with van der Waals surface area (Å²) in [6.45, 7) is 1.65. The molecular formula is C21H13Cl4FN2O3. The maximum atomic E-state index is 13.7. The number of ether oxygens (including phenoxy) is 1. The summed E-state index contributed by atoms with van der Waals surface area (Å²) < 4.78 is 19.4. The molecule has 3 aromatic rings. The van der Waals surface area contributed by atoms with Gasteiger partial charge in [0.2, 0.25) is 0 Å². The molecule has 0 unspecified atom stereocenters. The van der Waals surface area contributed by atoms with E-state index in [1.807, 2.05) is 5.32 Å². The molecule has 0 aliphatic carbocycles. The first-order valence-corrected chi connectivity index (χ1v) is 10.2. The van der Waals surface area contributed by atoms with Gasteiger partial charge in [0.15, 0.2) is 0 Å². The number of hydrogen-bond acceptors (Lipinski definition) is 3. The summed E-state index contributed by atoms with van der Waals surface area (Å²) in [5.74, 6) is -1.17. The van der Waals surface area contributed by atoms with Crippen molar-refractivity contribution in [2.24, 2.45) is 0 Å². The molecule has 160 valence electrons. The second-order valence-corrected chi connectivity index (χ2v) is 7.86. The lowest BCUT2D eigenvalue weighted by molar-refractivity contribution is 0.0963. The van der Waals surface area contributed by atoms with E-state index >= 15 is 0 Å². The van der Waals surface area contributed by atoms with Gasteiger partial charge in [-0.25, -0.2) is 9.18 Å². The van der Waals surface area contributed by atoms with E-state index < -0.39 is 17.8 Å². The van der Waals surface area contributed by atoms with Crippen molar-refractivity contribution in [3.63, 3.8) is 0 Å². The average Bonchev–Trinajstić information content (AvgIpc) is 2.71. The van der Waals surface area contributed by atoms with Gasteiger partial charge in [-0.1, -0.05) is 58.5 Å². The number of imide groups is 1. The van der Waals surface area contributed by atoms with Crippen LogP contribution in [0.5, 0.6) is 11.5 Å². The van der Waals surface area contributed by atoms with Crippen molar-refractivity contribution in [3.05, 3.63) is 85.6 Å². The van der Waals surface area contributed by atoms with E-state index in [1.165, 1.54) is 30.3 Å². The van der Waals surface area contributed by atoms with Gasteiger partial charge in [0.1, 0.15) is 22.3 Å². The molecule has 3 rings (SSSR count). The van der Waals surface area contributed by atoms with E-state index in [9.17, 15) is 14.0 Å². The summed E-state index contributed by atoms with van der Waals surface area (Å²) in [4.78, 5) is 24.4. The molecule has 2 N–H and O–H groups in total. The number of amides is 3. The van der Waals surface area contributed by atoms with Crippen molar-refractivity contribution < 1.29 is 18.7 Å². The van der Waals surface area contributed by atoms with Crippen LogP contribution in [-0.4, -0.2) is 11.9 Å². The number of benzene rings is 3. The van der Waals surface area contributed by atoms with Crippen LogP contribution in [-0.2, 0) is 0 Å². The Kier molecular flexibility index (Phi) is 7.28. The maximum Gasteiger partial charge on any atom is 0.326 e. The minimum atomic E-state index is -0.913. The molecule has 0 bridgehead atoms. The first-order chi connectivity index (χ1) is 14.7. The van der Waals surface area contributed by atoms with Crippen LogP contribution < -0.4 is 15.4 Å². The molecule has 0 radical (unpaired) electrons. The van der Waals surface area contributed by atoms with Crippen LogP contribution in [0.15, 0.2) is 48.5 Å². The van der Waals surface area contributed by atoms with Gasteiger partial charge in [0.05, 0.1) is 21.3 Å². The summed E-state index contributed by atoms with van der Waals surface area (Å²) in [6.07, 6.45) is 0. The van der Waals surface area contributed by atoms with Crippen molar-refractivity contribution in [3.8, 4) is 11.5 Å². The summed E-state index contributed by atoms with van der Waals surface area (Å²) in [5, 5.41) is 5.17.